The number of ether oxygens (including phenoxy) is 1. The van der Waals surface area contributed by atoms with Gasteiger partial charge < -0.3 is 9.84 Å². The summed E-state index contributed by atoms with van der Waals surface area (Å²) < 4.78 is 5.52. The van der Waals surface area contributed by atoms with Crippen molar-refractivity contribution in [3.8, 4) is 11.8 Å². The van der Waals surface area contributed by atoms with Gasteiger partial charge in [-0.2, -0.15) is 5.26 Å². The van der Waals surface area contributed by atoms with E-state index in [2.05, 4.69) is 0 Å². The van der Waals surface area contributed by atoms with E-state index in [-0.39, 0.29) is 6.10 Å². The molecule has 2 atom stereocenters. The van der Waals surface area contributed by atoms with E-state index < -0.39 is 12.0 Å². The van der Waals surface area contributed by atoms with Gasteiger partial charge in [0.2, 0.25) is 0 Å². The lowest BCUT2D eigenvalue weighted by Crippen LogP contribution is -2.09. The van der Waals surface area contributed by atoms with Gasteiger partial charge in [-0.3, -0.25) is 0 Å². The minimum atomic E-state index is -0.763. The molecule has 86 valence electrons. The van der Waals surface area contributed by atoms with E-state index in [4.69, 9.17) is 10.00 Å². The number of aliphatic hydroxyl groups excluding tert-OH is 1. The molecule has 0 spiro atoms. The Labute approximate surface area is 96.3 Å². The average Bonchev–Trinajstić information content (AvgIpc) is 2.26. The third-order valence-corrected chi connectivity index (χ3v) is 2.25. The van der Waals surface area contributed by atoms with Crippen molar-refractivity contribution in [3.63, 3.8) is 0 Å². The van der Waals surface area contributed by atoms with E-state index in [9.17, 15) is 5.11 Å². The van der Waals surface area contributed by atoms with Crippen LogP contribution in [0.2, 0.25) is 0 Å². The van der Waals surface area contributed by atoms with Crippen LogP contribution in [0.4, 0.5) is 0 Å². The number of benzene rings is 1. The fraction of sp³-hybridized carbons (Fsp3) is 0.462. The molecule has 1 N–H and O–H groups in total. The Kier molecular flexibility index (Phi) is 4.33. The van der Waals surface area contributed by atoms with Crippen molar-refractivity contribution >= 4 is 0 Å². The summed E-state index contributed by atoms with van der Waals surface area (Å²) >= 11 is 0. The smallest absolute Gasteiger partial charge is 0.120 e. The first kappa shape index (κ1) is 12.5. The molecule has 0 bridgehead atoms. The quantitative estimate of drug-likeness (QED) is 0.847. The number of hydrogen-bond donors (Lipinski definition) is 1. The predicted molar refractivity (Wildman–Crippen MR) is 61.9 cm³/mol. The van der Waals surface area contributed by atoms with Crippen molar-refractivity contribution in [2.45, 2.75) is 33.0 Å². The summed E-state index contributed by atoms with van der Waals surface area (Å²) in [4.78, 5) is 0. The van der Waals surface area contributed by atoms with Gasteiger partial charge in [-0.25, -0.2) is 0 Å². The van der Waals surface area contributed by atoms with Gasteiger partial charge >= 0.3 is 0 Å². The van der Waals surface area contributed by atoms with Crippen molar-refractivity contribution in [1.82, 2.24) is 0 Å². The first-order valence-electron chi connectivity index (χ1n) is 5.39. The number of hydrogen-bond acceptors (Lipinski definition) is 3. The second-order valence-electron chi connectivity index (χ2n) is 4.10. The number of nitriles is 1. The fourth-order valence-corrected chi connectivity index (χ4v) is 1.40. The van der Waals surface area contributed by atoms with Crippen molar-refractivity contribution < 1.29 is 9.84 Å². The van der Waals surface area contributed by atoms with Crippen LogP contribution in [-0.2, 0) is 0 Å². The zero-order chi connectivity index (χ0) is 12.1. The summed E-state index contributed by atoms with van der Waals surface area (Å²) in [6.07, 6.45) is -0.665. The molecule has 0 aliphatic heterocycles. The second kappa shape index (κ2) is 5.53. The lowest BCUT2D eigenvalue weighted by atomic mass is 9.99. The third-order valence-electron chi connectivity index (χ3n) is 2.25. The molecule has 1 aromatic carbocycles. The van der Waals surface area contributed by atoms with Gasteiger partial charge in [0.1, 0.15) is 5.75 Å². The average molecular weight is 219 g/mol. The van der Waals surface area contributed by atoms with Crippen LogP contribution < -0.4 is 4.74 Å². The molecule has 0 fully saturated rings. The lowest BCUT2D eigenvalue weighted by Gasteiger charge is -2.15. The van der Waals surface area contributed by atoms with Crippen LogP contribution in [-0.4, -0.2) is 11.2 Å². The van der Waals surface area contributed by atoms with Crippen LogP contribution in [0.15, 0.2) is 24.3 Å². The lowest BCUT2D eigenvalue weighted by molar-refractivity contribution is 0.142. The largest absolute Gasteiger partial charge is 0.491 e. The Morgan fingerprint density at radius 2 is 2.00 bits per heavy atom. The number of aliphatic hydroxyl groups is 1. The summed E-state index contributed by atoms with van der Waals surface area (Å²) in [7, 11) is 0. The van der Waals surface area contributed by atoms with Gasteiger partial charge in [-0.15, -0.1) is 0 Å². The van der Waals surface area contributed by atoms with Crippen molar-refractivity contribution in [2.24, 2.45) is 5.92 Å². The molecule has 2 unspecified atom stereocenters. The zero-order valence-electron chi connectivity index (χ0n) is 9.84. The van der Waals surface area contributed by atoms with Crippen LogP contribution in [0.3, 0.4) is 0 Å². The molecule has 0 radical (unpaired) electrons. The van der Waals surface area contributed by atoms with E-state index in [0.29, 0.717) is 5.56 Å². The summed E-state index contributed by atoms with van der Waals surface area (Å²) in [5.41, 5.74) is 0.715. The molecular formula is C13H17NO2. The summed E-state index contributed by atoms with van der Waals surface area (Å²) in [6, 6.07) is 9.27. The Morgan fingerprint density at radius 1 is 1.31 bits per heavy atom. The zero-order valence-corrected chi connectivity index (χ0v) is 9.84. The van der Waals surface area contributed by atoms with Gasteiger partial charge in [0.15, 0.2) is 0 Å². The molecule has 3 nitrogen and oxygen atoms in total. The maximum absolute atomic E-state index is 9.87. The highest BCUT2D eigenvalue weighted by atomic mass is 16.5. The maximum Gasteiger partial charge on any atom is 0.120 e. The molecule has 16 heavy (non-hydrogen) atoms. The van der Waals surface area contributed by atoms with Crippen molar-refractivity contribution in [2.75, 3.05) is 0 Å². The Morgan fingerprint density at radius 3 is 2.56 bits per heavy atom. The molecule has 3 heteroatoms. The highest BCUT2D eigenvalue weighted by Crippen LogP contribution is 2.25. The minimum Gasteiger partial charge on any atom is -0.491 e. The van der Waals surface area contributed by atoms with Crippen LogP contribution in [0, 0.1) is 17.2 Å². The maximum atomic E-state index is 9.87. The van der Waals surface area contributed by atoms with Gasteiger partial charge in [-0.1, -0.05) is 12.1 Å². The van der Waals surface area contributed by atoms with Crippen LogP contribution >= 0.6 is 0 Å². The fourth-order valence-electron chi connectivity index (χ4n) is 1.40. The Balaban J connectivity index is 2.86. The molecule has 0 aromatic heterocycles. The monoisotopic (exact) mass is 219 g/mol. The normalized spacial score (nSPS) is 14.2. The summed E-state index contributed by atoms with van der Waals surface area (Å²) in [6.45, 7) is 5.59. The molecule has 1 rings (SSSR count). The number of nitrogens with zero attached hydrogens (tertiary/aromatic N) is 1. The molecule has 0 saturated heterocycles. The predicted octanol–water partition coefficient (Wildman–Crippen LogP) is 2.67. The van der Waals surface area contributed by atoms with E-state index in [1.807, 2.05) is 32.0 Å². The van der Waals surface area contributed by atoms with E-state index in [1.54, 1.807) is 19.1 Å². The molecule has 0 saturated carbocycles. The van der Waals surface area contributed by atoms with E-state index >= 15 is 0 Å². The highest BCUT2D eigenvalue weighted by molar-refractivity contribution is 5.30. The van der Waals surface area contributed by atoms with Crippen LogP contribution in [0.5, 0.6) is 5.75 Å². The summed E-state index contributed by atoms with van der Waals surface area (Å²) in [5.74, 6) is 0.297. The Hall–Kier alpha value is -1.53. The molecule has 0 heterocycles. The second-order valence-corrected chi connectivity index (χ2v) is 4.10. The standard InChI is InChI=1S/C13H17NO2/c1-9(2)16-12-6-4-5-11(7-12)13(15)10(3)8-14/h4-7,9-10,13,15H,1-3H3. The topological polar surface area (TPSA) is 53.2 Å². The van der Waals surface area contributed by atoms with Gasteiger partial charge in [-0.05, 0) is 38.5 Å². The number of rotatable bonds is 4. The third kappa shape index (κ3) is 3.25. The highest BCUT2D eigenvalue weighted by Gasteiger charge is 2.16. The Bertz CT molecular complexity index is 382. The first-order valence-corrected chi connectivity index (χ1v) is 5.39. The molecular weight excluding hydrogens is 202 g/mol. The molecule has 0 amide bonds. The van der Waals surface area contributed by atoms with Crippen molar-refractivity contribution in [1.29, 1.82) is 5.26 Å². The molecule has 1 aromatic rings. The van der Waals surface area contributed by atoms with Crippen LogP contribution in [0.25, 0.3) is 0 Å². The molecule has 0 aliphatic carbocycles. The van der Waals surface area contributed by atoms with Gasteiger partial charge in [0.25, 0.3) is 0 Å². The summed E-state index contributed by atoms with van der Waals surface area (Å²) in [5, 5.41) is 18.6. The first-order chi connectivity index (χ1) is 7.54. The van der Waals surface area contributed by atoms with Crippen LogP contribution in [0.1, 0.15) is 32.4 Å². The van der Waals surface area contributed by atoms with E-state index in [1.165, 1.54) is 0 Å². The van der Waals surface area contributed by atoms with E-state index in [0.717, 1.165) is 5.75 Å². The minimum absolute atomic E-state index is 0.0979. The van der Waals surface area contributed by atoms with Crippen molar-refractivity contribution in [3.05, 3.63) is 29.8 Å². The van der Waals surface area contributed by atoms with Gasteiger partial charge in [0.05, 0.1) is 24.2 Å². The SMILES string of the molecule is CC(C)Oc1cccc(C(O)C(C)C#N)c1. The molecule has 0 aliphatic rings. The van der Waals surface area contributed by atoms with Gasteiger partial charge in [0, 0.05) is 0 Å².